The number of carbonyl (C=O) groups excluding carboxylic acids is 1. The molecule has 7 heteroatoms. The van der Waals surface area contributed by atoms with Gasteiger partial charge in [0, 0.05) is 11.6 Å². The maximum absolute atomic E-state index is 13.4. The van der Waals surface area contributed by atoms with Gasteiger partial charge in [0.05, 0.1) is 15.6 Å². The molecule has 0 atom stereocenters. The Hall–Kier alpha value is -2.41. The molecule has 3 aromatic rings. The molecule has 1 aromatic heterocycles. The highest BCUT2D eigenvalue weighted by Crippen LogP contribution is 2.37. The van der Waals surface area contributed by atoms with Gasteiger partial charge in [0.25, 0.3) is 5.91 Å². The molecule has 1 aliphatic heterocycles. The topological polar surface area (TPSA) is 33.5 Å². The van der Waals surface area contributed by atoms with Crippen molar-refractivity contribution in [2.45, 2.75) is 0 Å². The van der Waals surface area contributed by atoms with Gasteiger partial charge in [-0.05, 0) is 30.3 Å². The van der Waals surface area contributed by atoms with Crippen LogP contribution in [0.5, 0.6) is 0 Å². The maximum Gasteiger partial charge on any atom is 0.270 e. The van der Waals surface area contributed by atoms with Gasteiger partial charge in [-0.3, -0.25) is 9.69 Å². The Labute approximate surface area is 169 Å². The van der Waals surface area contributed by atoms with Crippen molar-refractivity contribution < 1.29 is 13.6 Å². The van der Waals surface area contributed by atoms with Crippen molar-refractivity contribution in [2.75, 3.05) is 4.90 Å². The van der Waals surface area contributed by atoms with Gasteiger partial charge >= 0.3 is 0 Å². The Morgan fingerprint density at radius 2 is 1.89 bits per heavy atom. The first-order chi connectivity index (χ1) is 13.0. The fourth-order valence-corrected chi connectivity index (χ4v) is 4.09. The molecule has 1 aliphatic rings. The number of benzene rings is 2. The van der Waals surface area contributed by atoms with Gasteiger partial charge in [0.15, 0.2) is 4.32 Å². The summed E-state index contributed by atoms with van der Waals surface area (Å²) in [5, 5.41) is -0.0657. The predicted octanol–water partition coefficient (Wildman–Crippen LogP) is 6.14. The number of anilines is 1. The Balaban J connectivity index is 1.62. The molecule has 4 rings (SSSR count). The van der Waals surface area contributed by atoms with Crippen LogP contribution >= 0.6 is 35.6 Å². The summed E-state index contributed by atoms with van der Waals surface area (Å²) < 4.78 is 19.6. The SMILES string of the molecule is O=C1/C(=C/c2ccc(-c3ccccc3)o2)SC(=S)N1c1ccc(F)c(Cl)c1. The van der Waals surface area contributed by atoms with E-state index >= 15 is 0 Å². The molecular weight excluding hydrogens is 405 g/mol. The van der Waals surface area contributed by atoms with Gasteiger partial charge in [-0.2, -0.15) is 0 Å². The summed E-state index contributed by atoms with van der Waals surface area (Å²) in [7, 11) is 0. The highest BCUT2D eigenvalue weighted by molar-refractivity contribution is 8.27. The van der Waals surface area contributed by atoms with Gasteiger partial charge in [-0.15, -0.1) is 0 Å². The number of amides is 1. The molecule has 1 amide bonds. The van der Waals surface area contributed by atoms with Crippen molar-refractivity contribution in [3.63, 3.8) is 0 Å². The lowest BCUT2D eigenvalue weighted by molar-refractivity contribution is -0.113. The second-order valence-corrected chi connectivity index (χ2v) is 7.77. The molecule has 0 saturated carbocycles. The van der Waals surface area contributed by atoms with E-state index in [1.165, 1.54) is 23.1 Å². The van der Waals surface area contributed by atoms with Gasteiger partial charge < -0.3 is 4.42 Å². The smallest absolute Gasteiger partial charge is 0.270 e. The number of nitrogens with zero attached hydrogens (tertiary/aromatic N) is 1. The summed E-state index contributed by atoms with van der Waals surface area (Å²) in [5.74, 6) is 0.407. The quantitative estimate of drug-likeness (QED) is 0.379. The molecule has 3 nitrogen and oxygen atoms in total. The molecule has 27 heavy (non-hydrogen) atoms. The third-order valence-electron chi connectivity index (χ3n) is 3.91. The van der Waals surface area contributed by atoms with E-state index in [1.807, 2.05) is 36.4 Å². The zero-order valence-corrected chi connectivity index (χ0v) is 16.1. The number of carbonyl (C=O) groups is 1. The Morgan fingerprint density at radius 1 is 1.11 bits per heavy atom. The van der Waals surface area contributed by atoms with Crippen LogP contribution in [0.15, 0.2) is 70.0 Å². The maximum atomic E-state index is 13.4. The van der Waals surface area contributed by atoms with Crippen LogP contribution < -0.4 is 4.90 Å². The monoisotopic (exact) mass is 415 g/mol. The minimum absolute atomic E-state index is 0.0657. The molecule has 2 aromatic carbocycles. The van der Waals surface area contributed by atoms with Crippen molar-refractivity contribution in [2.24, 2.45) is 0 Å². The van der Waals surface area contributed by atoms with Crippen molar-refractivity contribution in [1.29, 1.82) is 0 Å². The van der Waals surface area contributed by atoms with Crippen LogP contribution in [-0.2, 0) is 4.79 Å². The first-order valence-electron chi connectivity index (χ1n) is 7.91. The average molecular weight is 416 g/mol. The second kappa shape index (κ2) is 7.31. The first kappa shape index (κ1) is 18.0. The molecule has 0 aliphatic carbocycles. The first-order valence-corrected chi connectivity index (χ1v) is 9.51. The largest absolute Gasteiger partial charge is 0.457 e. The number of rotatable bonds is 3. The molecule has 0 N–H and O–H groups in total. The molecule has 0 spiro atoms. The molecule has 0 unspecified atom stereocenters. The molecule has 0 radical (unpaired) electrons. The van der Waals surface area contributed by atoms with E-state index < -0.39 is 5.82 Å². The lowest BCUT2D eigenvalue weighted by Crippen LogP contribution is -2.27. The molecule has 1 saturated heterocycles. The fraction of sp³-hybridized carbons (Fsp3) is 0. The van der Waals surface area contributed by atoms with Gasteiger partial charge in [0.1, 0.15) is 17.3 Å². The van der Waals surface area contributed by atoms with E-state index in [4.69, 9.17) is 28.2 Å². The predicted molar refractivity (Wildman–Crippen MR) is 111 cm³/mol. The van der Waals surface area contributed by atoms with Crippen LogP contribution in [-0.4, -0.2) is 10.2 Å². The van der Waals surface area contributed by atoms with E-state index in [-0.39, 0.29) is 10.9 Å². The van der Waals surface area contributed by atoms with E-state index in [2.05, 4.69) is 0 Å². The van der Waals surface area contributed by atoms with E-state index in [9.17, 15) is 9.18 Å². The van der Waals surface area contributed by atoms with Crippen LogP contribution in [0.2, 0.25) is 5.02 Å². The number of thioether (sulfide) groups is 1. The summed E-state index contributed by atoms with van der Waals surface area (Å²) in [4.78, 5) is 14.5. The number of hydrogen-bond donors (Lipinski definition) is 0. The summed E-state index contributed by atoms with van der Waals surface area (Å²) in [6, 6.07) is 17.4. The van der Waals surface area contributed by atoms with Crippen molar-refractivity contribution >= 4 is 57.6 Å². The molecule has 1 fully saturated rings. The van der Waals surface area contributed by atoms with Crippen LogP contribution in [0.4, 0.5) is 10.1 Å². The van der Waals surface area contributed by atoms with Crippen LogP contribution in [0.3, 0.4) is 0 Å². The minimum Gasteiger partial charge on any atom is -0.457 e. The zero-order chi connectivity index (χ0) is 19.0. The summed E-state index contributed by atoms with van der Waals surface area (Å²) in [5.41, 5.74) is 1.38. The number of furan rings is 1. The van der Waals surface area contributed by atoms with Crippen LogP contribution in [0, 0.1) is 5.82 Å². The summed E-state index contributed by atoms with van der Waals surface area (Å²) >= 11 is 12.3. The number of hydrogen-bond acceptors (Lipinski definition) is 4. The molecular formula is C20H11ClFNO2S2. The van der Waals surface area contributed by atoms with Crippen LogP contribution in [0.1, 0.15) is 5.76 Å². The minimum atomic E-state index is -0.551. The van der Waals surface area contributed by atoms with Gasteiger partial charge in [-0.1, -0.05) is 65.9 Å². The molecule has 134 valence electrons. The van der Waals surface area contributed by atoms with E-state index in [0.717, 1.165) is 17.3 Å². The number of thiocarbonyl (C=S) groups is 1. The average Bonchev–Trinajstić information content (AvgIpc) is 3.23. The Morgan fingerprint density at radius 3 is 2.63 bits per heavy atom. The van der Waals surface area contributed by atoms with Crippen molar-refractivity contribution in [3.8, 4) is 11.3 Å². The standard InChI is InChI=1S/C20H11ClFNO2S2/c21-15-10-13(6-8-16(15)22)23-19(24)18(27-20(23)26)11-14-7-9-17(25-14)12-4-2-1-3-5-12/h1-11H/b18-11-. The lowest BCUT2D eigenvalue weighted by atomic mass is 10.2. The normalized spacial score (nSPS) is 15.8. The van der Waals surface area contributed by atoms with Gasteiger partial charge in [-0.25, -0.2) is 4.39 Å². The Bertz CT molecular complexity index is 1080. The highest BCUT2D eigenvalue weighted by Gasteiger charge is 2.33. The highest BCUT2D eigenvalue weighted by atomic mass is 35.5. The van der Waals surface area contributed by atoms with Crippen LogP contribution in [0.25, 0.3) is 17.4 Å². The van der Waals surface area contributed by atoms with E-state index in [1.54, 1.807) is 12.1 Å². The third-order valence-corrected chi connectivity index (χ3v) is 5.51. The molecule has 0 bridgehead atoms. The fourth-order valence-electron chi connectivity index (χ4n) is 2.63. The van der Waals surface area contributed by atoms with Crippen molar-refractivity contribution in [1.82, 2.24) is 0 Å². The lowest BCUT2D eigenvalue weighted by Gasteiger charge is -2.14. The third kappa shape index (κ3) is 3.56. The second-order valence-electron chi connectivity index (χ2n) is 5.68. The zero-order valence-electron chi connectivity index (χ0n) is 13.7. The summed E-state index contributed by atoms with van der Waals surface area (Å²) in [6.45, 7) is 0. The number of halogens is 2. The molecule has 2 heterocycles. The van der Waals surface area contributed by atoms with Crippen molar-refractivity contribution in [3.05, 3.63) is 82.2 Å². The summed E-state index contributed by atoms with van der Waals surface area (Å²) in [6.07, 6.45) is 1.65. The van der Waals surface area contributed by atoms with E-state index in [0.29, 0.717) is 26.4 Å². The Kier molecular flexibility index (Phi) is 4.86. The van der Waals surface area contributed by atoms with Gasteiger partial charge in [0.2, 0.25) is 0 Å².